The maximum absolute atomic E-state index is 11.9. The first-order valence-electron chi connectivity index (χ1n) is 26.2. The van der Waals surface area contributed by atoms with Crippen molar-refractivity contribution in [2.45, 2.75) is 125 Å². The molecule has 0 bridgehead atoms. The molecule has 18 nitrogen and oxygen atoms in total. The van der Waals surface area contributed by atoms with Gasteiger partial charge >= 0.3 is 143 Å². The van der Waals surface area contributed by atoms with Gasteiger partial charge in [0, 0.05) is 53.1 Å². The van der Waals surface area contributed by atoms with E-state index in [9.17, 15) is 38.7 Å². The number of halogens is 1. The molecule has 0 spiro atoms. The average Bonchev–Trinajstić information content (AvgIpc) is 3.92. The summed E-state index contributed by atoms with van der Waals surface area (Å²) in [6.45, 7) is 12.5. The molecule has 3 fully saturated rings. The maximum atomic E-state index is 11.9. The van der Waals surface area contributed by atoms with Gasteiger partial charge < -0.3 is 42.5 Å². The molecule has 9 atom stereocenters. The monoisotopic (exact) mass is 1410 g/mol. The first-order chi connectivity index (χ1) is 37.4. The molecule has 4 aromatic rings. The van der Waals surface area contributed by atoms with E-state index in [1.165, 1.54) is 12.5 Å². The minimum atomic E-state index is -3.98. The molecule has 3 aromatic heterocycles. The number of aryl methyl sites for hydroxylation is 3. The van der Waals surface area contributed by atoms with E-state index in [2.05, 4.69) is 6.92 Å². The predicted molar refractivity (Wildman–Crippen MR) is 295 cm³/mol. The van der Waals surface area contributed by atoms with Gasteiger partial charge in [-0.05, 0) is 137 Å². The van der Waals surface area contributed by atoms with Crippen LogP contribution >= 0.6 is 17.9 Å². The molecular formula is C59H69Ag2IO18. The number of ether oxygens (including phenoxy) is 3. The van der Waals surface area contributed by atoms with Crippen LogP contribution in [0.1, 0.15) is 130 Å². The normalized spacial score (nSPS) is 24.1. The number of carboxylic acids is 1. The fraction of sp³-hybridized carbons (Fsp3) is 0.475. The van der Waals surface area contributed by atoms with Gasteiger partial charge in [0.1, 0.15) is 75.8 Å². The number of aliphatic hydroxyl groups excluding tert-OH is 1. The molecule has 442 valence electrons. The van der Waals surface area contributed by atoms with Crippen LogP contribution in [0.4, 0.5) is 0 Å². The van der Waals surface area contributed by atoms with E-state index in [1.807, 2.05) is 31.2 Å². The van der Waals surface area contributed by atoms with Gasteiger partial charge in [-0.25, -0.2) is 14.4 Å². The first kappa shape index (κ1) is 63.9. The molecule has 3 unspecified atom stereocenters. The fourth-order valence-corrected chi connectivity index (χ4v) is 18.2. The summed E-state index contributed by atoms with van der Waals surface area (Å²) >= 11 is -2.28. The Balaban J connectivity index is 0.000000170. The molecule has 21 heteroatoms. The van der Waals surface area contributed by atoms with Crippen molar-refractivity contribution < 1.29 is 110 Å². The summed E-state index contributed by atoms with van der Waals surface area (Å²) in [5, 5.41) is 18.5. The number of aldehydes is 1. The number of fused-ring (bicyclic) bond motifs is 7. The molecule has 7 aliphatic rings. The zero-order valence-electron chi connectivity index (χ0n) is 46.0. The summed E-state index contributed by atoms with van der Waals surface area (Å²) < 4.78 is 52.9. The second-order valence-corrected chi connectivity index (χ2v) is 32.8. The third-order valence-electron chi connectivity index (χ3n) is 15.7. The molecule has 11 rings (SSSR count). The molecule has 0 saturated heterocycles. The van der Waals surface area contributed by atoms with E-state index < -0.39 is 35.8 Å². The predicted octanol–water partition coefficient (Wildman–Crippen LogP) is 10.00. The van der Waals surface area contributed by atoms with Gasteiger partial charge in [-0.15, -0.1) is 0 Å². The van der Waals surface area contributed by atoms with Crippen molar-refractivity contribution in [3.63, 3.8) is 0 Å². The van der Waals surface area contributed by atoms with E-state index in [0.29, 0.717) is 81.0 Å². The van der Waals surface area contributed by atoms with Crippen molar-refractivity contribution in [3.05, 3.63) is 134 Å². The summed E-state index contributed by atoms with van der Waals surface area (Å²) in [4.78, 5) is 84.0. The molecular weight excluding hydrogens is 1340 g/mol. The Bertz CT molecular complexity index is 3270. The Morgan fingerprint density at radius 2 is 1.09 bits per heavy atom. The summed E-state index contributed by atoms with van der Waals surface area (Å²) in [6.07, 6.45) is 14.4. The number of alkyl halides is 2. The fourth-order valence-electron chi connectivity index (χ4n) is 11.2. The second-order valence-electron chi connectivity index (χ2n) is 21.6. The van der Waals surface area contributed by atoms with Crippen molar-refractivity contribution in [2.24, 2.45) is 35.5 Å². The minimum absolute atomic E-state index is 0. The third kappa shape index (κ3) is 14.5. The van der Waals surface area contributed by atoms with Crippen LogP contribution < -0.4 is 31.1 Å². The number of benzene rings is 1. The van der Waals surface area contributed by atoms with Gasteiger partial charge in [0.2, 0.25) is 0 Å². The van der Waals surface area contributed by atoms with Gasteiger partial charge in [-0.3, -0.25) is 4.79 Å². The SMILES string of the molecule is CC(=O)OI1(C)(C)OC(=O)c2ccccc21.Cc1cc2c(c(=O)o1)C=C1CC[C@H](C(C)C(=O)O)C[C@@H]1O2.Cc1cc2c(c(=O)o1)C=C1CC[C@H](C(C)C=O)C[C@@H]1O2.Cc1cc2c(c(=O)o1)C=C1CC[C@H](C(C)CO)C[C@@H]1O2.[Ag].[O]=[Ag]. The summed E-state index contributed by atoms with van der Waals surface area (Å²) in [5.74, 6) is 2.77. The van der Waals surface area contributed by atoms with Crippen LogP contribution in [0.15, 0.2) is 86.8 Å². The van der Waals surface area contributed by atoms with Crippen LogP contribution in [-0.2, 0) is 67.2 Å². The van der Waals surface area contributed by atoms with Gasteiger partial charge in [0.25, 0.3) is 0 Å². The summed E-state index contributed by atoms with van der Waals surface area (Å²) in [6, 6.07) is 12.3. The number of rotatable bonds is 7. The summed E-state index contributed by atoms with van der Waals surface area (Å²) in [7, 11) is 0. The van der Waals surface area contributed by atoms with Gasteiger partial charge in [-0.1, -0.05) is 20.8 Å². The molecule has 0 amide bonds. The zero-order valence-corrected chi connectivity index (χ0v) is 51.1. The topological polar surface area (TPSA) is 263 Å². The Morgan fingerprint density at radius 1 is 0.688 bits per heavy atom. The molecule has 1 radical (unpaired) electrons. The molecule has 4 aliphatic heterocycles. The van der Waals surface area contributed by atoms with E-state index in [0.717, 1.165) is 72.4 Å². The second kappa shape index (κ2) is 26.8. The number of carbonyl (C=O) groups is 4. The number of hydrogen-bond acceptors (Lipinski definition) is 17. The van der Waals surface area contributed by atoms with Crippen LogP contribution in [0.2, 0.25) is 0 Å². The van der Waals surface area contributed by atoms with Crippen molar-refractivity contribution in [1.82, 2.24) is 0 Å². The molecule has 80 heavy (non-hydrogen) atoms. The standard InChI is InChI=1S/C16H18O5.C16H20O4.C16H18O4.C11H13IO4.2Ag.O/c1-8-5-14-12(16(19)20-8)6-11-4-3-10(7-13(11)21-14)9(2)15(17)18;2*1-9(8-17)11-3-4-12-6-13-15(20-14(12)7-11)5-10(2)19-16(13)18;1-8(13)15-12(2,3)10-7-5-4-6-9(10)11(14)16-12;;;/h5-6,9-10,13H,3-4,7H2,1-2H3,(H,17,18);5-6,9,11,14,17H,3-4,7-8H2,1-2H3;5-6,8-9,11,14H,3-4,7H2,1-2H3;4-7H,1-3H3;;;/t9?,10-,13-;2*9?,11-,14-;;;;/m000..../s1. The summed E-state index contributed by atoms with van der Waals surface area (Å²) in [5.41, 5.74) is 4.38. The van der Waals surface area contributed by atoms with E-state index in [1.54, 1.807) is 95.0 Å². The van der Waals surface area contributed by atoms with Crippen LogP contribution in [-0.4, -0.2) is 69.2 Å². The van der Waals surface area contributed by atoms with Gasteiger partial charge in [-0.2, -0.15) is 0 Å². The number of aliphatic hydroxyl groups is 1. The van der Waals surface area contributed by atoms with Crippen LogP contribution in [0.3, 0.4) is 0 Å². The number of carboxylic acid groups (broad SMARTS) is 1. The van der Waals surface area contributed by atoms with Crippen molar-refractivity contribution in [3.8, 4) is 17.2 Å². The number of hydrogen-bond donors (Lipinski definition) is 2. The average molecular weight is 1410 g/mol. The molecule has 2 N–H and O–H groups in total. The Hall–Kier alpha value is -5.26. The van der Waals surface area contributed by atoms with Crippen LogP contribution in [0.5, 0.6) is 17.2 Å². The first-order valence-corrected chi connectivity index (χ1v) is 34.0. The van der Waals surface area contributed by atoms with E-state index in [-0.39, 0.29) is 81.9 Å². The molecule has 1 aromatic carbocycles. The van der Waals surface area contributed by atoms with E-state index >= 15 is 0 Å². The van der Waals surface area contributed by atoms with Gasteiger partial charge in [0.05, 0.1) is 5.92 Å². The van der Waals surface area contributed by atoms with E-state index in [4.69, 9.17) is 42.0 Å². The van der Waals surface area contributed by atoms with Crippen molar-refractivity contribution in [2.75, 3.05) is 16.5 Å². The van der Waals surface area contributed by atoms with Crippen LogP contribution in [0.25, 0.3) is 18.2 Å². The number of aliphatic carboxylic acids is 1. The molecule has 3 saturated carbocycles. The Labute approximate surface area is 493 Å². The Morgan fingerprint density at radius 3 is 1.50 bits per heavy atom. The zero-order chi connectivity index (χ0) is 57.7. The number of carbonyl (C=O) groups excluding carboxylic acids is 3. The van der Waals surface area contributed by atoms with Gasteiger partial charge in [0.15, 0.2) is 0 Å². The molecule has 3 aliphatic carbocycles. The molecule has 7 heterocycles. The Kier molecular flexibility index (Phi) is 21.4. The van der Waals surface area contributed by atoms with Crippen molar-refractivity contribution >= 4 is 60.3 Å². The van der Waals surface area contributed by atoms with Crippen LogP contribution in [0, 0.1) is 59.8 Å². The third-order valence-corrected chi connectivity index (χ3v) is 23.5. The quantitative estimate of drug-likeness (QED) is 0.0754. The van der Waals surface area contributed by atoms with Crippen molar-refractivity contribution in [1.29, 1.82) is 0 Å².